The van der Waals surface area contributed by atoms with Crippen LogP contribution >= 0.6 is 11.8 Å². The van der Waals surface area contributed by atoms with Crippen molar-refractivity contribution in [1.29, 1.82) is 0 Å². The molecule has 0 aromatic heterocycles. The Morgan fingerprint density at radius 1 is 0.943 bits per heavy atom. The highest BCUT2D eigenvalue weighted by Gasteiger charge is 2.24. The molecule has 3 aromatic rings. The predicted octanol–water partition coefficient (Wildman–Crippen LogP) is 6.41. The number of benzene rings is 3. The molecule has 0 aliphatic rings. The molecular formula is C28H34N2O3S2. The van der Waals surface area contributed by atoms with Gasteiger partial charge >= 0.3 is 0 Å². The second kappa shape index (κ2) is 10.9. The minimum Gasteiger partial charge on any atom is -0.346 e. The van der Waals surface area contributed by atoms with Gasteiger partial charge in [-0.2, -0.15) is 0 Å². The van der Waals surface area contributed by atoms with E-state index in [1.165, 1.54) is 9.87 Å². The van der Waals surface area contributed by atoms with Crippen LogP contribution in [0.3, 0.4) is 0 Å². The van der Waals surface area contributed by atoms with Gasteiger partial charge in [-0.15, -0.1) is 11.8 Å². The van der Waals surface area contributed by atoms with E-state index in [0.29, 0.717) is 11.3 Å². The van der Waals surface area contributed by atoms with Crippen LogP contribution < -0.4 is 9.62 Å². The highest BCUT2D eigenvalue weighted by Crippen LogP contribution is 2.27. The number of nitrogens with one attached hydrogen (secondary N) is 1. The van der Waals surface area contributed by atoms with Crippen LogP contribution in [0.25, 0.3) is 0 Å². The third-order valence-corrected chi connectivity index (χ3v) is 8.64. The number of nitrogens with zero attached hydrogens (tertiary/aromatic N) is 1. The Morgan fingerprint density at radius 3 is 2.00 bits per heavy atom. The smallest absolute Gasteiger partial charge is 0.264 e. The van der Waals surface area contributed by atoms with Gasteiger partial charge in [0.1, 0.15) is 0 Å². The molecule has 3 rings (SSSR count). The number of thioether (sulfide) groups is 1. The molecule has 3 aromatic carbocycles. The van der Waals surface area contributed by atoms with Crippen LogP contribution in [0.1, 0.15) is 62.1 Å². The molecule has 0 spiro atoms. The van der Waals surface area contributed by atoms with Crippen LogP contribution in [0.4, 0.5) is 5.69 Å². The van der Waals surface area contributed by atoms with Gasteiger partial charge in [0.05, 0.1) is 16.6 Å². The van der Waals surface area contributed by atoms with Crippen molar-refractivity contribution in [2.75, 3.05) is 17.1 Å². The maximum absolute atomic E-state index is 13.2. The second-order valence-electron chi connectivity index (χ2n) is 9.46. The zero-order valence-electron chi connectivity index (χ0n) is 21.2. The molecule has 1 N–H and O–H groups in total. The molecule has 35 heavy (non-hydrogen) atoms. The molecule has 0 heterocycles. The maximum atomic E-state index is 13.2. The van der Waals surface area contributed by atoms with E-state index in [1.54, 1.807) is 67.2 Å². The van der Waals surface area contributed by atoms with E-state index in [9.17, 15) is 13.2 Å². The number of rotatable bonds is 8. The lowest BCUT2D eigenvalue weighted by molar-refractivity contribution is 0.0940. The predicted molar refractivity (Wildman–Crippen MR) is 146 cm³/mol. The van der Waals surface area contributed by atoms with Crippen molar-refractivity contribution in [2.45, 2.75) is 55.9 Å². The Hall–Kier alpha value is -2.77. The third-order valence-electron chi connectivity index (χ3n) is 5.98. The van der Waals surface area contributed by atoms with E-state index in [1.807, 2.05) is 25.3 Å². The Balaban J connectivity index is 1.73. The Morgan fingerprint density at radius 2 is 1.51 bits per heavy atom. The summed E-state index contributed by atoms with van der Waals surface area (Å²) < 4.78 is 27.8. The summed E-state index contributed by atoms with van der Waals surface area (Å²) in [4.78, 5) is 14.1. The number of carbonyl (C=O) groups excluding carboxylic acids is 1. The zero-order valence-corrected chi connectivity index (χ0v) is 22.8. The van der Waals surface area contributed by atoms with Gasteiger partial charge in [-0.3, -0.25) is 9.10 Å². The SMILES string of the molecule is CCN(c1ccc(C(=O)NC(C)c2ccc(C(C)(C)C)cc2)cc1)S(=O)(=O)c1ccc(SC)cc1. The lowest BCUT2D eigenvalue weighted by Crippen LogP contribution is -2.31. The van der Waals surface area contributed by atoms with Gasteiger partial charge in [0.2, 0.25) is 0 Å². The number of carbonyl (C=O) groups is 1. The van der Waals surface area contributed by atoms with Gasteiger partial charge in [-0.25, -0.2) is 8.42 Å². The first-order valence-corrected chi connectivity index (χ1v) is 14.3. The second-order valence-corrected chi connectivity index (χ2v) is 12.2. The monoisotopic (exact) mass is 510 g/mol. The summed E-state index contributed by atoms with van der Waals surface area (Å²) in [7, 11) is -3.71. The van der Waals surface area contributed by atoms with Crippen molar-refractivity contribution in [3.63, 3.8) is 0 Å². The standard InChI is InChI=1S/C28H34N2O3S2/c1-7-30(35(32,33)26-18-16-25(34-6)17-19-26)24-14-10-22(11-15-24)27(31)29-20(2)21-8-12-23(13-9-21)28(3,4)5/h8-20H,7H2,1-6H3,(H,29,31). The van der Waals surface area contributed by atoms with Crippen LogP contribution in [0.2, 0.25) is 0 Å². The molecule has 0 saturated heterocycles. The molecular weight excluding hydrogens is 476 g/mol. The number of amides is 1. The summed E-state index contributed by atoms with van der Waals surface area (Å²) >= 11 is 1.56. The first-order valence-electron chi connectivity index (χ1n) is 11.7. The highest BCUT2D eigenvalue weighted by molar-refractivity contribution is 7.98. The number of hydrogen-bond acceptors (Lipinski definition) is 4. The van der Waals surface area contributed by atoms with E-state index in [0.717, 1.165) is 10.5 Å². The van der Waals surface area contributed by atoms with Crippen molar-refractivity contribution in [3.05, 3.63) is 89.5 Å². The van der Waals surface area contributed by atoms with Gasteiger partial charge in [0, 0.05) is 17.0 Å². The molecule has 0 radical (unpaired) electrons. The van der Waals surface area contributed by atoms with Gasteiger partial charge in [0.25, 0.3) is 15.9 Å². The van der Waals surface area contributed by atoms with E-state index >= 15 is 0 Å². The molecule has 1 atom stereocenters. The van der Waals surface area contributed by atoms with E-state index in [4.69, 9.17) is 0 Å². The molecule has 1 unspecified atom stereocenters. The summed E-state index contributed by atoms with van der Waals surface area (Å²) in [5.74, 6) is -0.206. The average molecular weight is 511 g/mol. The lowest BCUT2D eigenvalue weighted by atomic mass is 9.86. The fourth-order valence-corrected chi connectivity index (χ4v) is 5.66. The Kier molecular flexibility index (Phi) is 8.34. The van der Waals surface area contributed by atoms with Crippen molar-refractivity contribution in [1.82, 2.24) is 5.32 Å². The molecule has 0 aliphatic heterocycles. The zero-order chi connectivity index (χ0) is 25.8. The summed E-state index contributed by atoms with van der Waals surface area (Å²) in [6, 6.07) is 21.7. The van der Waals surface area contributed by atoms with Crippen molar-refractivity contribution in [2.24, 2.45) is 0 Å². The van der Waals surface area contributed by atoms with Gasteiger partial charge in [-0.05, 0) is 85.2 Å². The van der Waals surface area contributed by atoms with Crippen LogP contribution in [-0.4, -0.2) is 27.1 Å². The average Bonchev–Trinajstić information content (AvgIpc) is 2.84. The van der Waals surface area contributed by atoms with Crippen molar-refractivity contribution < 1.29 is 13.2 Å². The summed E-state index contributed by atoms with van der Waals surface area (Å²) in [6.07, 6.45) is 1.95. The highest BCUT2D eigenvalue weighted by atomic mass is 32.2. The van der Waals surface area contributed by atoms with Crippen LogP contribution in [0, 0.1) is 0 Å². The quantitative estimate of drug-likeness (QED) is 0.356. The van der Waals surface area contributed by atoms with E-state index < -0.39 is 10.0 Å². The topological polar surface area (TPSA) is 66.5 Å². The molecule has 186 valence electrons. The molecule has 5 nitrogen and oxygen atoms in total. The normalized spacial score (nSPS) is 12.7. The number of hydrogen-bond donors (Lipinski definition) is 1. The minimum absolute atomic E-state index is 0.0741. The molecule has 0 fully saturated rings. The van der Waals surface area contributed by atoms with Crippen LogP contribution in [-0.2, 0) is 15.4 Å². The number of sulfonamides is 1. The van der Waals surface area contributed by atoms with Gasteiger partial charge in [-0.1, -0.05) is 45.0 Å². The molecule has 0 bridgehead atoms. The van der Waals surface area contributed by atoms with E-state index in [-0.39, 0.29) is 28.8 Å². The number of anilines is 1. The molecule has 7 heteroatoms. The largest absolute Gasteiger partial charge is 0.346 e. The first-order chi connectivity index (χ1) is 16.5. The lowest BCUT2D eigenvalue weighted by Gasteiger charge is -2.23. The van der Waals surface area contributed by atoms with Gasteiger partial charge in [0.15, 0.2) is 0 Å². The first kappa shape index (κ1) is 26.8. The molecule has 1 amide bonds. The minimum atomic E-state index is -3.71. The summed E-state index contributed by atoms with van der Waals surface area (Å²) in [6.45, 7) is 10.5. The molecule has 0 aliphatic carbocycles. The van der Waals surface area contributed by atoms with Gasteiger partial charge < -0.3 is 5.32 Å². The van der Waals surface area contributed by atoms with Crippen LogP contribution in [0.5, 0.6) is 0 Å². The fourth-order valence-electron chi connectivity index (χ4n) is 3.78. The van der Waals surface area contributed by atoms with Crippen LogP contribution in [0.15, 0.2) is 82.6 Å². The Labute approximate surface area is 214 Å². The van der Waals surface area contributed by atoms with E-state index in [2.05, 4.69) is 38.2 Å². The Bertz CT molecular complexity index is 1250. The maximum Gasteiger partial charge on any atom is 0.264 e. The van der Waals surface area contributed by atoms with Crippen molar-refractivity contribution >= 4 is 33.4 Å². The third kappa shape index (κ3) is 6.27. The summed E-state index contributed by atoms with van der Waals surface area (Å²) in [5, 5.41) is 3.03. The van der Waals surface area contributed by atoms with Crippen molar-refractivity contribution in [3.8, 4) is 0 Å². The fraction of sp³-hybridized carbons (Fsp3) is 0.321. The summed E-state index contributed by atoms with van der Waals surface area (Å²) in [5.41, 5.74) is 3.34. The molecule has 0 saturated carbocycles.